The maximum atomic E-state index is 4.57. The lowest BCUT2D eigenvalue weighted by Gasteiger charge is -2.22. The van der Waals surface area contributed by atoms with Crippen LogP contribution in [0.15, 0.2) is 5.10 Å². The van der Waals surface area contributed by atoms with Crippen LogP contribution in [0.5, 0.6) is 0 Å². The first-order chi connectivity index (χ1) is 6.61. The summed E-state index contributed by atoms with van der Waals surface area (Å²) in [6.45, 7) is 9.05. The number of hydrazone groups is 1. The van der Waals surface area contributed by atoms with Gasteiger partial charge in [-0.25, -0.2) is 0 Å². The SMILES string of the molecule is CC(C)CC/C=N/N1[C@H](C)CC[C@H]1C. The summed E-state index contributed by atoms with van der Waals surface area (Å²) in [5, 5.41) is 6.83. The molecule has 1 aliphatic heterocycles. The lowest BCUT2D eigenvalue weighted by molar-refractivity contribution is 0.226. The molecule has 0 aromatic rings. The lowest BCUT2D eigenvalue weighted by atomic mass is 10.1. The predicted molar refractivity (Wildman–Crippen MR) is 62.6 cm³/mol. The van der Waals surface area contributed by atoms with E-state index in [2.05, 4.69) is 44.0 Å². The van der Waals surface area contributed by atoms with Gasteiger partial charge in [-0.3, -0.25) is 5.01 Å². The van der Waals surface area contributed by atoms with Crippen molar-refractivity contribution in [1.82, 2.24) is 5.01 Å². The summed E-state index contributed by atoms with van der Waals surface area (Å²) in [7, 11) is 0. The molecule has 2 atom stereocenters. The smallest absolute Gasteiger partial charge is 0.0446 e. The van der Waals surface area contributed by atoms with Crippen LogP contribution < -0.4 is 0 Å². The maximum Gasteiger partial charge on any atom is 0.0446 e. The zero-order valence-corrected chi connectivity index (χ0v) is 10.0. The monoisotopic (exact) mass is 196 g/mol. The van der Waals surface area contributed by atoms with Gasteiger partial charge in [0, 0.05) is 18.3 Å². The second-order valence-electron chi connectivity index (χ2n) is 4.92. The highest BCUT2D eigenvalue weighted by atomic mass is 15.5. The van der Waals surface area contributed by atoms with Gasteiger partial charge in [0.15, 0.2) is 0 Å². The van der Waals surface area contributed by atoms with Gasteiger partial charge in [0.25, 0.3) is 0 Å². The molecule has 1 aliphatic rings. The molecule has 2 nitrogen and oxygen atoms in total. The average Bonchev–Trinajstić information content (AvgIpc) is 2.42. The van der Waals surface area contributed by atoms with Crippen molar-refractivity contribution in [3.05, 3.63) is 0 Å². The van der Waals surface area contributed by atoms with Gasteiger partial charge in [0.2, 0.25) is 0 Å². The molecule has 82 valence electrons. The van der Waals surface area contributed by atoms with Crippen LogP contribution in [0.2, 0.25) is 0 Å². The summed E-state index contributed by atoms with van der Waals surface area (Å²) in [6.07, 6.45) is 7.05. The van der Waals surface area contributed by atoms with Gasteiger partial charge >= 0.3 is 0 Å². The molecule has 0 aromatic heterocycles. The molecule has 0 unspecified atom stereocenters. The third kappa shape index (κ3) is 3.32. The van der Waals surface area contributed by atoms with Crippen LogP contribution >= 0.6 is 0 Å². The maximum absolute atomic E-state index is 4.57. The number of rotatable bonds is 4. The Morgan fingerprint density at radius 1 is 1.29 bits per heavy atom. The van der Waals surface area contributed by atoms with Crippen LogP contribution in [-0.2, 0) is 0 Å². The first-order valence-corrected chi connectivity index (χ1v) is 5.92. The zero-order valence-electron chi connectivity index (χ0n) is 10.0. The fraction of sp³-hybridized carbons (Fsp3) is 0.917. The zero-order chi connectivity index (χ0) is 10.6. The molecule has 1 fully saturated rings. The summed E-state index contributed by atoms with van der Waals surface area (Å²) < 4.78 is 0. The second-order valence-corrected chi connectivity index (χ2v) is 4.92. The molecule has 0 aliphatic carbocycles. The van der Waals surface area contributed by atoms with Crippen LogP contribution in [0, 0.1) is 5.92 Å². The van der Waals surface area contributed by atoms with Crippen molar-refractivity contribution in [1.29, 1.82) is 0 Å². The highest BCUT2D eigenvalue weighted by Crippen LogP contribution is 2.23. The van der Waals surface area contributed by atoms with E-state index in [0.29, 0.717) is 12.1 Å². The predicted octanol–water partition coefficient (Wildman–Crippen LogP) is 3.28. The fourth-order valence-corrected chi connectivity index (χ4v) is 1.97. The van der Waals surface area contributed by atoms with E-state index in [0.717, 1.165) is 12.3 Å². The van der Waals surface area contributed by atoms with Gasteiger partial charge in [0.1, 0.15) is 0 Å². The molecule has 1 rings (SSSR count). The van der Waals surface area contributed by atoms with E-state index < -0.39 is 0 Å². The fourth-order valence-electron chi connectivity index (χ4n) is 1.97. The molecule has 0 N–H and O–H groups in total. The summed E-state index contributed by atoms with van der Waals surface area (Å²) in [5.41, 5.74) is 0. The van der Waals surface area contributed by atoms with Gasteiger partial charge < -0.3 is 0 Å². The number of nitrogens with zero attached hydrogens (tertiary/aromatic N) is 2. The Bertz CT molecular complexity index is 177. The van der Waals surface area contributed by atoms with Gasteiger partial charge in [-0.1, -0.05) is 13.8 Å². The molecule has 0 amide bonds. The molecule has 1 heterocycles. The highest BCUT2D eigenvalue weighted by molar-refractivity contribution is 5.56. The second kappa shape index (κ2) is 5.38. The van der Waals surface area contributed by atoms with Crippen LogP contribution in [0.3, 0.4) is 0 Å². The van der Waals surface area contributed by atoms with Crippen LogP contribution in [-0.4, -0.2) is 23.3 Å². The van der Waals surface area contributed by atoms with E-state index >= 15 is 0 Å². The Morgan fingerprint density at radius 3 is 2.36 bits per heavy atom. The molecule has 2 heteroatoms. The molecular formula is C12H24N2. The first-order valence-electron chi connectivity index (χ1n) is 5.92. The van der Waals surface area contributed by atoms with Crippen molar-refractivity contribution in [2.45, 2.75) is 65.5 Å². The van der Waals surface area contributed by atoms with Gasteiger partial charge in [-0.05, 0) is 45.4 Å². The van der Waals surface area contributed by atoms with Crippen LogP contribution in [0.1, 0.15) is 53.4 Å². The first kappa shape index (κ1) is 11.5. The minimum absolute atomic E-state index is 0.639. The van der Waals surface area contributed by atoms with E-state index in [-0.39, 0.29) is 0 Å². The summed E-state index contributed by atoms with van der Waals surface area (Å²) in [5.74, 6) is 0.787. The summed E-state index contributed by atoms with van der Waals surface area (Å²) >= 11 is 0. The molecule has 0 aromatic carbocycles. The van der Waals surface area contributed by atoms with Crippen molar-refractivity contribution in [3.8, 4) is 0 Å². The highest BCUT2D eigenvalue weighted by Gasteiger charge is 2.25. The Kier molecular flexibility index (Phi) is 4.43. The van der Waals surface area contributed by atoms with Gasteiger partial charge in [0.05, 0.1) is 0 Å². The molecule has 0 spiro atoms. The number of hydrogen-bond donors (Lipinski definition) is 0. The standard InChI is InChI=1S/C12H24N2/c1-10(2)6-5-9-13-14-11(3)7-8-12(14)4/h9-12H,5-8H2,1-4H3/b13-9+/t11-,12-/m1/s1. The van der Waals surface area contributed by atoms with E-state index in [1.807, 2.05) is 0 Å². The average molecular weight is 196 g/mol. The molecule has 0 saturated carbocycles. The molecule has 14 heavy (non-hydrogen) atoms. The Balaban J connectivity index is 2.28. The Morgan fingerprint density at radius 2 is 1.86 bits per heavy atom. The quantitative estimate of drug-likeness (QED) is 0.630. The topological polar surface area (TPSA) is 15.6 Å². The summed E-state index contributed by atoms with van der Waals surface area (Å²) in [4.78, 5) is 0. The summed E-state index contributed by atoms with van der Waals surface area (Å²) in [6, 6.07) is 1.28. The van der Waals surface area contributed by atoms with Crippen LogP contribution in [0.25, 0.3) is 0 Å². The number of hydrogen-bond acceptors (Lipinski definition) is 2. The van der Waals surface area contributed by atoms with Crippen molar-refractivity contribution in [2.24, 2.45) is 11.0 Å². The molecule has 0 radical (unpaired) electrons. The van der Waals surface area contributed by atoms with Gasteiger partial charge in [-0.15, -0.1) is 0 Å². The van der Waals surface area contributed by atoms with Crippen molar-refractivity contribution >= 4 is 6.21 Å². The Labute approximate surface area is 88.4 Å². The minimum atomic E-state index is 0.639. The molecular weight excluding hydrogens is 172 g/mol. The van der Waals surface area contributed by atoms with E-state index in [1.165, 1.54) is 19.3 Å². The molecule has 0 bridgehead atoms. The van der Waals surface area contributed by atoms with E-state index in [9.17, 15) is 0 Å². The molecule has 1 saturated heterocycles. The third-order valence-corrected chi connectivity index (χ3v) is 2.99. The van der Waals surface area contributed by atoms with Crippen molar-refractivity contribution < 1.29 is 0 Å². The normalized spacial score (nSPS) is 28.2. The Hall–Kier alpha value is -0.530. The third-order valence-electron chi connectivity index (χ3n) is 2.99. The van der Waals surface area contributed by atoms with Crippen molar-refractivity contribution in [2.75, 3.05) is 0 Å². The largest absolute Gasteiger partial charge is 0.292 e. The van der Waals surface area contributed by atoms with Crippen LogP contribution in [0.4, 0.5) is 0 Å². The van der Waals surface area contributed by atoms with E-state index in [1.54, 1.807) is 0 Å². The van der Waals surface area contributed by atoms with Gasteiger partial charge in [-0.2, -0.15) is 5.10 Å². The van der Waals surface area contributed by atoms with E-state index in [4.69, 9.17) is 0 Å². The minimum Gasteiger partial charge on any atom is -0.292 e. The van der Waals surface area contributed by atoms with Crippen molar-refractivity contribution in [3.63, 3.8) is 0 Å². The lowest BCUT2D eigenvalue weighted by Crippen LogP contribution is -2.27.